The van der Waals surface area contributed by atoms with Crippen molar-refractivity contribution in [2.24, 2.45) is 17.1 Å². The molecule has 1 fully saturated rings. The zero-order valence-corrected chi connectivity index (χ0v) is 22.3. The Morgan fingerprint density at radius 3 is 2.83 bits per heavy atom. The van der Waals surface area contributed by atoms with Crippen molar-refractivity contribution < 1.29 is 23.8 Å². The van der Waals surface area contributed by atoms with E-state index in [-0.39, 0.29) is 30.5 Å². The fourth-order valence-electron chi connectivity index (χ4n) is 4.59. The van der Waals surface area contributed by atoms with E-state index >= 15 is 0 Å². The van der Waals surface area contributed by atoms with Crippen molar-refractivity contribution in [2.75, 3.05) is 51.4 Å². The number of anilines is 1. The van der Waals surface area contributed by atoms with Crippen molar-refractivity contribution >= 4 is 17.5 Å². The molecule has 3 atom stereocenters. The van der Waals surface area contributed by atoms with Gasteiger partial charge in [-0.1, -0.05) is 13.0 Å². The first-order chi connectivity index (χ1) is 17.2. The summed E-state index contributed by atoms with van der Waals surface area (Å²) in [6.07, 6.45) is 3.79. The highest BCUT2D eigenvalue weighted by molar-refractivity contribution is 5.82. The van der Waals surface area contributed by atoms with Gasteiger partial charge in [0.1, 0.15) is 12.4 Å². The molecule has 0 aromatic heterocycles. The van der Waals surface area contributed by atoms with Gasteiger partial charge in [-0.2, -0.15) is 0 Å². The summed E-state index contributed by atoms with van der Waals surface area (Å²) in [7, 11) is 1.73. The average molecular weight is 505 g/mol. The zero-order chi connectivity index (χ0) is 26.1. The minimum absolute atomic E-state index is 0.0443. The monoisotopic (exact) mass is 504 g/mol. The molecule has 1 aromatic carbocycles. The summed E-state index contributed by atoms with van der Waals surface area (Å²) in [5.41, 5.74) is 6.91. The molecule has 9 nitrogen and oxygen atoms in total. The Hall–Kier alpha value is -2.36. The van der Waals surface area contributed by atoms with Gasteiger partial charge in [0.25, 0.3) is 0 Å². The molecule has 0 bridgehead atoms. The van der Waals surface area contributed by atoms with Crippen LogP contribution in [0.1, 0.15) is 52.0 Å². The first-order valence-electron chi connectivity index (χ1n) is 13.1. The lowest BCUT2D eigenvalue weighted by Gasteiger charge is -2.32. The van der Waals surface area contributed by atoms with Crippen molar-refractivity contribution in [3.63, 3.8) is 0 Å². The zero-order valence-electron chi connectivity index (χ0n) is 22.3. The Morgan fingerprint density at radius 2 is 2.14 bits per heavy atom. The molecule has 0 spiro atoms. The third kappa shape index (κ3) is 8.08. The molecule has 2 aliphatic heterocycles. The SMILES string of the molecule is COCCCN1CCOc2ccc(CO[C@@H]3CC[C@@H](CC(C)C(=O)NCC(C)(C)C(N)=O)NC3)cc21. The van der Waals surface area contributed by atoms with E-state index in [0.717, 1.165) is 68.9 Å². The maximum absolute atomic E-state index is 12.5. The van der Waals surface area contributed by atoms with E-state index in [1.165, 1.54) is 0 Å². The summed E-state index contributed by atoms with van der Waals surface area (Å²) in [6.45, 7) is 10.3. The number of benzene rings is 1. The topological polar surface area (TPSA) is 115 Å². The molecule has 2 heterocycles. The number of carbonyl (C=O) groups excluding carboxylic acids is 2. The molecule has 1 saturated heterocycles. The number of nitrogens with zero attached hydrogens (tertiary/aromatic N) is 1. The number of nitrogens with two attached hydrogens (primary N) is 1. The van der Waals surface area contributed by atoms with Gasteiger partial charge in [-0.3, -0.25) is 9.59 Å². The normalized spacial score (nSPS) is 20.8. The first-order valence-corrected chi connectivity index (χ1v) is 13.1. The van der Waals surface area contributed by atoms with E-state index in [4.69, 9.17) is 19.9 Å². The predicted octanol–water partition coefficient (Wildman–Crippen LogP) is 2.21. The second-order valence-corrected chi connectivity index (χ2v) is 10.7. The molecule has 0 radical (unpaired) electrons. The van der Waals surface area contributed by atoms with Crippen LogP contribution < -0.4 is 26.0 Å². The van der Waals surface area contributed by atoms with Crippen LogP contribution in [0, 0.1) is 11.3 Å². The molecule has 1 unspecified atom stereocenters. The van der Waals surface area contributed by atoms with Crippen LogP contribution in [0.4, 0.5) is 5.69 Å². The highest BCUT2D eigenvalue weighted by atomic mass is 16.5. The molecule has 2 amide bonds. The third-order valence-electron chi connectivity index (χ3n) is 7.17. The van der Waals surface area contributed by atoms with Crippen molar-refractivity contribution in [1.29, 1.82) is 0 Å². The van der Waals surface area contributed by atoms with Crippen LogP contribution in [0.25, 0.3) is 0 Å². The molecular weight excluding hydrogens is 460 g/mol. The first kappa shape index (κ1) is 28.2. The Kier molecular flexibility index (Phi) is 10.4. The number of rotatable bonds is 13. The summed E-state index contributed by atoms with van der Waals surface area (Å²) in [5.74, 6) is 0.324. The average Bonchev–Trinajstić information content (AvgIpc) is 2.87. The molecule has 0 aliphatic carbocycles. The number of fused-ring (bicyclic) bond motifs is 1. The molecule has 1 aromatic rings. The second-order valence-electron chi connectivity index (χ2n) is 10.7. The Morgan fingerprint density at radius 1 is 1.33 bits per heavy atom. The van der Waals surface area contributed by atoms with Gasteiger partial charge in [0.2, 0.25) is 11.8 Å². The second kappa shape index (κ2) is 13.3. The van der Waals surface area contributed by atoms with Crippen molar-refractivity contribution in [3.8, 4) is 5.75 Å². The molecular formula is C27H44N4O5. The van der Waals surface area contributed by atoms with E-state index in [1.54, 1.807) is 21.0 Å². The highest BCUT2D eigenvalue weighted by Crippen LogP contribution is 2.33. The van der Waals surface area contributed by atoms with Gasteiger partial charge in [-0.25, -0.2) is 0 Å². The predicted molar refractivity (Wildman–Crippen MR) is 140 cm³/mol. The van der Waals surface area contributed by atoms with Gasteiger partial charge >= 0.3 is 0 Å². The Labute approximate surface area is 215 Å². The molecule has 3 rings (SSSR count). The number of primary amides is 1. The van der Waals surface area contributed by atoms with Gasteiger partial charge in [-0.15, -0.1) is 0 Å². The lowest BCUT2D eigenvalue weighted by Crippen LogP contribution is -2.46. The number of hydrogen-bond donors (Lipinski definition) is 3. The van der Waals surface area contributed by atoms with Gasteiger partial charge in [0, 0.05) is 45.3 Å². The van der Waals surface area contributed by atoms with Crippen molar-refractivity contribution in [3.05, 3.63) is 23.8 Å². The highest BCUT2D eigenvalue weighted by Gasteiger charge is 2.28. The van der Waals surface area contributed by atoms with E-state index < -0.39 is 11.3 Å². The van der Waals surface area contributed by atoms with Crippen LogP contribution in [-0.4, -0.2) is 70.5 Å². The number of methoxy groups -OCH3 is 1. The lowest BCUT2D eigenvalue weighted by atomic mass is 9.91. The molecule has 36 heavy (non-hydrogen) atoms. The largest absolute Gasteiger partial charge is 0.490 e. The van der Waals surface area contributed by atoms with Crippen LogP contribution in [0.5, 0.6) is 5.75 Å². The maximum atomic E-state index is 12.5. The molecule has 202 valence electrons. The van der Waals surface area contributed by atoms with Gasteiger partial charge < -0.3 is 35.5 Å². The summed E-state index contributed by atoms with van der Waals surface area (Å²) >= 11 is 0. The lowest BCUT2D eigenvalue weighted by molar-refractivity contribution is -0.128. The van der Waals surface area contributed by atoms with E-state index in [0.29, 0.717) is 13.2 Å². The number of ether oxygens (including phenoxy) is 3. The fraction of sp³-hybridized carbons (Fsp3) is 0.704. The van der Waals surface area contributed by atoms with Crippen LogP contribution in [0.15, 0.2) is 18.2 Å². The summed E-state index contributed by atoms with van der Waals surface area (Å²) in [4.78, 5) is 26.3. The smallest absolute Gasteiger partial charge is 0.224 e. The van der Waals surface area contributed by atoms with Gasteiger partial charge in [-0.05, 0) is 57.2 Å². The standard InChI is InChI=1S/C27H44N4O5/c1-19(25(32)30-18-27(2,3)26(28)33)14-21-7-8-22(16-29-21)36-17-20-6-9-24-23(15-20)31(11-13-35-24)10-5-12-34-4/h6,9,15,19,21-22,29H,5,7-8,10-14,16-18H2,1-4H3,(H2,28,33)(H,30,32)/t19?,21-,22+/m0/s1. The van der Waals surface area contributed by atoms with Gasteiger partial charge in [0.15, 0.2) is 0 Å². The fourth-order valence-corrected chi connectivity index (χ4v) is 4.59. The number of piperidine rings is 1. The number of carbonyl (C=O) groups is 2. The third-order valence-corrected chi connectivity index (χ3v) is 7.17. The molecule has 9 heteroatoms. The number of nitrogens with one attached hydrogen (secondary N) is 2. The van der Waals surface area contributed by atoms with Crippen LogP contribution >= 0.6 is 0 Å². The number of amides is 2. The summed E-state index contributed by atoms with van der Waals surface area (Å²) in [6, 6.07) is 6.58. The van der Waals surface area contributed by atoms with E-state index in [9.17, 15) is 9.59 Å². The summed E-state index contributed by atoms with van der Waals surface area (Å²) < 4.78 is 17.3. The molecule has 4 N–H and O–H groups in total. The Balaban J connectivity index is 1.41. The summed E-state index contributed by atoms with van der Waals surface area (Å²) in [5, 5.41) is 6.42. The maximum Gasteiger partial charge on any atom is 0.224 e. The van der Waals surface area contributed by atoms with E-state index in [1.807, 2.05) is 13.0 Å². The van der Waals surface area contributed by atoms with Crippen LogP contribution in [0.3, 0.4) is 0 Å². The van der Waals surface area contributed by atoms with Crippen LogP contribution in [-0.2, 0) is 25.7 Å². The van der Waals surface area contributed by atoms with Crippen LogP contribution in [0.2, 0.25) is 0 Å². The Bertz CT molecular complexity index is 870. The quantitative estimate of drug-likeness (QED) is 0.353. The number of hydrogen-bond acceptors (Lipinski definition) is 7. The van der Waals surface area contributed by atoms with Crippen molar-refractivity contribution in [2.45, 2.75) is 65.2 Å². The van der Waals surface area contributed by atoms with Crippen molar-refractivity contribution in [1.82, 2.24) is 10.6 Å². The molecule has 0 saturated carbocycles. The minimum atomic E-state index is -0.754. The van der Waals surface area contributed by atoms with E-state index in [2.05, 4.69) is 27.7 Å². The van der Waals surface area contributed by atoms with Gasteiger partial charge in [0.05, 0.1) is 30.4 Å². The molecule has 2 aliphatic rings. The minimum Gasteiger partial charge on any atom is -0.490 e.